The van der Waals surface area contributed by atoms with E-state index >= 15 is 0 Å². The Labute approximate surface area is 128 Å². The first-order valence-electron chi connectivity index (χ1n) is 6.70. The lowest BCUT2D eigenvalue weighted by molar-refractivity contribution is 0.0992. The average molecular weight is 305 g/mol. The molecule has 0 fully saturated rings. The Balaban J connectivity index is 2.14. The van der Waals surface area contributed by atoms with E-state index in [0.29, 0.717) is 5.56 Å². The van der Waals surface area contributed by atoms with Crippen molar-refractivity contribution in [1.82, 2.24) is 15.2 Å². The molecule has 0 radical (unpaired) electrons. The molecule has 0 unspecified atom stereocenters. The molecule has 2 amide bonds. The molecule has 2 heterocycles. The Morgan fingerprint density at radius 1 is 1.33 bits per heavy atom. The highest BCUT2D eigenvalue weighted by atomic mass is 32.1. The molecule has 2 aromatic heterocycles. The minimum Gasteiger partial charge on any atom is -0.343 e. The van der Waals surface area contributed by atoms with Crippen LogP contribution < -0.4 is 10.6 Å². The van der Waals surface area contributed by atoms with Crippen molar-refractivity contribution in [2.24, 2.45) is 0 Å². The number of aromatic nitrogens is 1. The molecule has 5 nitrogen and oxygen atoms in total. The van der Waals surface area contributed by atoms with E-state index in [1.807, 2.05) is 31.4 Å². The van der Waals surface area contributed by atoms with E-state index in [9.17, 15) is 9.59 Å². The van der Waals surface area contributed by atoms with Crippen molar-refractivity contribution in [1.29, 1.82) is 0 Å². The number of nitrogens with one attached hydrogen (secondary N) is 2. The minimum atomic E-state index is -0.351. The predicted octanol–water partition coefficient (Wildman–Crippen LogP) is 2.33. The van der Waals surface area contributed by atoms with Crippen molar-refractivity contribution >= 4 is 23.2 Å². The Hall–Kier alpha value is -2.08. The summed E-state index contributed by atoms with van der Waals surface area (Å²) in [6.45, 7) is 4.70. The van der Waals surface area contributed by atoms with Crippen molar-refractivity contribution in [3.05, 3.63) is 45.4 Å². The first kappa shape index (κ1) is 15.3. The number of nitrogens with zero attached hydrogens (tertiary/aromatic N) is 1. The number of hydrogen-bond donors (Lipinski definition) is 2. The van der Waals surface area contributed by atoms with Crippen LogP contribution in [0.3, 0.4) is 0 Å². The number of urea groups is 1. The number of hydrogen-bond acceptors (Lipinski definition) is 3. The van der Waals surface area contributed by atoms with Crippen molar-refractivity contribution < 1.29 is 9.59 Å². The molecule has 0 aliphatic rings. The molecule has 0 saturated carbocycles. The maximum atomic E-state index is 12.2. The summed E-state index contributed by atoms with van der Waals surface area (Å²) in [6.07, 6.45) is 0. The van der Waals surface area contributed by atoms with Gasteiger partial charge in [0.2, 0.25) is 0 Å². The summed E-state index contributed by atoms with van der Waals surface area (Å²) in [7, 11) is 1.52. The standard InChI is InChI=1S/C15H19N3O2S/c1-10-7-13(14(19)8-17-15(20)16-3)11(2)18(10)9-12-5-4-6-21-12/h4-7H,8-9H2,1-3H3,(H2,16,17,20). The quantitative estimate of drug-likeness (QED) is 0.833. The van der Waals surface area contributed by atoms with Crippen molar-refractivity contribution in [3.8, 4) is 0 Å². The Kier molecular flexibility index (Phi) is 4.80. The van der Waals surface area contributed by atoms with Gasteiger partial charge in [-0.1, -0.05) is 6.07 Å². The molecular formula is C15H19N3O2S. The maximum Gasteiger partial charge on any atom is 0.314 e. The van der Waals surface area contributed by atoms with Crippen LogP contribution in [0.2, 0.25) is 0 Å². The Bertz CT molecular complexity index is 644. The monoisotopic (exact) mass is 305 g/mol. The van der Waals surface area contributed by atoms with Crippen LogP contribution in [-0.4, -0.2) is 30.0 Å². The van der Waals surface area contributed by atoms with E-state index in [0.717, 1.165) is 17.9 Å². The second kappa shape index (κ2) is 6.58. The van der Waals surface area contributed by atoms with E-state index in [4.69, 9.17) is 0 Å². The van der Waals surface area contributed by atoms with Crippen LogP contribution in [0.5, 0.6) is 0 Å². The molecule has 0 aromatic carbocycles. The van der Waals surface area contributed by atoms with Crippen LogP contribution in [0.15, 0.2) is 23.6 Å². The van der Waals surface area contributed by atoms with Gasteiger partial charge in [-0.3, -0.25) is 4.79 Å². The maximum absolute atomic E-state index is 12.2. The summed E-state index contributed by atoms with van der Waals surface area (Å²) in [4.78, 5) is 24.6. The topological polar surface area (TPSA) is 63.1 Å². The fourth-order valence-electron chi connectivity index (χ4n) is 2.23. The number of aryl methyl sites for hydroxylation is 1. The molecule has 6 heteroatoms. The zero-order valence-corrected chi connectivity index (χ0v) is 13.2. The van der Waals surface area contributed by atoms with Crippen LogP contribution >= 0.6 is 11.3 Å². The molecule has 0 spiro atoms. The normalized spacial score (nSPS) is 10.4. The third kappa shape index (κ3) is 3.52. The van der Waals surface area contributed by atoms with Gasteiger partial charge in [0.1, 0.15) is 0 Å². The van der Waals surface area contributed by atoms with E-state index in [1.54, 1.807) is 11.3 Å². The van der Waals surface area contributed by atoms with Crippen LogP contribution in [0.1, 0.15) is 26.6 Å². The zero-order chi connectivity index (χ0) is 15.4. The first-order chi connectivity index (χ1) is 10.0. The van der Waals surface area contributed by atoms with Gasteiger partial charge in [-0.25, -0.2) is 4.79 Å². The van der Waals surface area contributed by atoms with Gasteiger partial charge in [0.15, 0.2) is 5.78 Å². The molecule has 0 aliphatic heterocycles. The third-order valence-electron chi connectivity index (χ3n) is 3.40. The van der Waals surface area contributed by atoms with Gasteiger partial charge in [0.05, 0.1) is 13.1 Å². The molecule has 0 aliphatic carbocycles. The van der Waals surface area contributed by atoms with Crippen LogP contribution in [0.4, 0.5) is 4.79 Å². The molecule has 0 saturated heterocycles. The Morgan fingerprint density at radius 2 is 2.10 bits per heavy atom. The minimum absolute atomic E-state index is 0.00295. The highest BCUT2D eigenvalue weighted by Gasteiger charge is 2.16. The van der Waals surface area contributed by atoms with E-state index < -0.39 is 0 Å². The highest BCUT2D eigenvalue weighted by molar-refractivity contribution is 7.09. The van der Waals surface area contributed by atoms with E-state index in [2.05, 4.69) is 21.3 Å². The number of carbonyl (C=O) groups excluding carboxylic acids is 2. The van der Waals surface area contributed by atoms with Gasteiger partial charge in [0.25, 0.3) is 0 Å². The molecule has 0 atom stereocenters. The smallest absolute Gasteiger partial charge is 0.314 e. The van der Waals surface area contributed by atoms with Crippen molar-refractivity contribution in [3.63, 3.8) is 0 Å². The molecule has 2 rings (SSSR count). The van der Waals surface area contributed by atoms with E-state index in [1.165, 1.54) is 11.9 Å². The van der Waals surface area contributed by atoms with Crippen LogP contribution in [0.25, 0.3) is 0 Å². The molecule has 112 valence electrons. The van der Waals surface area contributed by atoms with E-state index in [-0.39, 0.29) is 18.4 Å². The fraction of sp³-hybridized carbons (Fsp3) is 0.333. The first-order valence-corrected chi connectivity index (χ1v) is 7.58. The summed E-state index contributed by atoms with van der Waals surface area (Å²) >= 11 is 1.70. The number of ketones is 1. The van der Waals surface area contributed by atoms with Gasteiger partial charge in [-0.15, -0.1) is 11.3 Å². The molecule has 21 heavy (non-hydrogen) atoms. The number of thiophene rings is 1. The van der Waals surface area contributed by atoms with Crippen LogP contribution in [0, 0.1) is 13.8 Å². The lowest BCUT2D eigenvalue weighted by Crippen LogP contribution is -2.36. The van der Waals surface area contributed by atoms with Gasteiger partial charge in [-0.2, -0.15) is 0 Å². The van der Waals surface area contributed by atoms with Crippen molar-refractivity contribution in [2.75, 3.05) is 13.6 Å². The SMILES string of the molecule is CNC(=O)NCC(=O)c1cc(C)n(Cc2cccs2)c1C. The summed E-state index contributed by atoms with van der Waals surface area (Å²) in [5, 5.41) is 7.00. The summed E-state index contributed by atoms with van der Waals surface area (Å²) < 4.78 is 2.12. The predicted molar refractivity (Wildman–Crippen MR) is 84.1 cm³/mol. The summed E-state index contributed by atoms with van der Waals surface area (Å²) in [5.74, 6) is -0.0795. The second-order valence-electron chi connectivity index (χ2n) is 4.81. The van der Waals surface area contributed by atoms with Crippen molar-refractivity contribution in [2.45, 2.75) is 20.4 Å². The molecular weight excluding hydrogens is 286 g/mol. The number of Topliss-reactive ketones (excluding diaryl/α,β-unsaturated/α-hetero) is 1. The lowest BCUT2D eigenvalue weighted by Gasteiger charge is -2.08. The largest absolute Gasteiger partial charge is 0.343 e. The lowest BCUT2D eigenvalue weighted by atomic mass is 10.1. The second-order valence-corrected chi connectivity index (χ2v) is 5.84. The molecule has 2 aromatic rings. The fourth-order valence-corrected chi connectivity index (χ4v) is 2.92. The average Bonchev–Trinajstić information content (AvgIpc) is 3.08. The number of amides is 2. The van der Waals surface area contributed by atoms with Gasteiger partial charge in [-0.05, 0) is 31.4 Å². The summed E-state index contributed by atoms with van der Waals surface area (Å²) in [6, 6.07) is 5.64. The zero-order valence-electron chi connectivity index (χ0n) is 12.4. The number of rotatable bonds is 5. The van der Waals surface area contributed by atoms with Gasteiger partial charge in [0, 0.05) is 28.9 Å². The molecule has 2 N–H and O–H groups in total. The number of carbonyl (C=O) groups is 2. The summed E-state index contributed by atoms with van der Waals surface area (Å²) in [5.41, 5.74) is 2.65. The molecule has 0 bridgehead atoms. The van der Waals surface area contributed by atoms with Gasteiger partial charge >= 0.3 is 6.03 Å². The highest BCUT2D eigenvalue weighted by Crippen LogP contribution is 2.19. The van der Waals surface area contributed by atoms with Crippen LogP contribution in [-0.2, 0) is 6.54 Å². The van der Waals surface area contributed by atoms with Gasteiger partial charge < -0.3 is 15.2 Å². The Morgan fingerprint density at radius 3 is 2.71 bits per heavy atom. The third-order valence-corrected chi connectivity index (χ3v) is 4.27.